The summed E-state index contributed by atoms with van der Waals surface area (Å²) in [6.45, 7) is 2.03. The van der Waals surface area contributed by atoms with Gasteiger partial charge in [-0.25, -0.2) is 4.98 Å². The molecule has 0 bridgehead atoms. The first-order chi connectivity index (χ1) is 7.29. The predicted molar refractivity (Wildman–Crippen MR) is 56.8 cm³/mol. The summed E-state index contributed by atoms with van der Waals surface area (Å²) in [6, 6.07) is 8.55. The van der Waals surface area contributed by atoms with Crippen molar-refractivity contribution in [1.29, 1.82) is 0 Å². The van der Waals surface area contributed by atoms with E-state index < -0.39 is 5.95 Å². The Kier molecular flexibility index (Phi) is 2.72. The van der Waals surface area contributed by atoms with E-state index in [0.717, 1.165) is 17.7 Å². The summed E-state index contributed by atoms with van der Waals surface area (Å²) in [5.41, 5.74) is 2.53. The molecule has 0 unspecified atom stereocenters. The minimum absolute atomic E-state index is 0.456. The molecule has 0 atom stereocenters. The van der Waals surface area contributed by atoms with Gasteiger partial charge in [0.2, 0.25) is 5.95 Å². The van der Waals surface area contributed by atoms with E-state index in [9.17, 15) is 4.39 Å². The second kappa shape index (κ2) is 4.17. The summed E-state index contributed by atoms with van der Waals surface area (Å²) in [4.78, 5) is 8.01. The average Bonchev–Trinajstić information content (AvgIpc) is 2.29. The second-order valence-corrected chi connectivity index (χ2v) is 3.23. The fraction of sp³-hybridized carbons (Fsp3) is 0.167. The number of nitrogens with zero attached hydrogens (tertiary/aromatic N) is 2. The lowest BCUT2D eigenvalue weighted by Crippen LogP contribution is -1.90. The molecule has 0 saturated carbocycles. The number of aromatic nitrogens is 2. The molecular weight excluding hydrogens is 191 g/mol. The Bertz CT molecular complexity index is 469. The highest BCUT2D eigenvalue weighted by Crippen LogP contribution is 2.17. The molecule has 2 aromatic rings. The van der Waals surface area contributed by atoms with Crippen LogP contribution in [0.3, 0.4) is 0 Å². The SMILES string of the molecule is CCc1cc(-c2cccc(F)n2)ccn1. The molecule has 0 aromatic carbocycles. The van der Waals surface area contributed by atoms with Crippen LogP contribution in [0.1, 0.15) is 12.6 Å². The molecule has 2 rings (SSSR count). The molecule has 0 aliphatic carbocycles. The van der Waals surface area contributed by atoms with E-state index in [1.165, 1.54) is 6.07 Å². The van der Waals surface area contributed by atoms with Crippen LogP contribution in [0.25, 0.3) is 11.3 Å². The Morgan fingerprint density at radius 3 is 2.87 bits per heavy atom. The zero-order valence-electron chi connectivity index (χ0n) is 8.44. The van der Waals surface area contributed by atoms with Crippen LogP contribution in [0, 0.1) is 5.95 Å². The highest BCUT2D eigenvalue weighted by molar-refractivity contribution is 5.58. The van der Waals surface area contributed by atoms with Gasteiger partial charge in [-0.2, -0.15) is 4.39 Å². The zero-order chi connectivity index (χ0) is 10.7. The summed E-state index contributed by atoms with van der Waals surface area (Å²) in [5, 5.41) is 0. The van der Waals surface area contributed by atoms with Crippen LogP contribution in [-0.4, -0.2) is 9.97 Å². The lowest BCUT2D eigenvalue weighted by Gasteiger charge is -2.02. The molecule has 0 aliphatic heterocycles. The van der Waals surface area contributed by atoms with Crippen LogP contribution in [0.5, 0.6) is 0 Å². The summed E-state index contributed by atoms with van der Waals surface area (Å²) >= 11 is 0. The third-order valence-corrected chi connectivity index (χ3v) is 2.19. The van der Waals surface area contributed by atoms with Gasteiger partial charge in [-0.05, 0) is 30.7 Å². The van der Waals surface area contributed by atoms with Crippen molar-refractivity contribution in [1.82, 2.24) is 9.97 Å². The van der Waals surface area contributed by atoms with Crippen molar-refractivity contribution in [2.75, 3.05) is 0 Å². The van der Waals surface area contributed by atoms with Crippen molar-refractivity contribution < 1.29 is 4.39 Å². The minimum Gasteiger partial charge on any atom is -0.261 e. The topological polar surface area (TPSA) is 25.8 Å². The van der Waals surface area contributed by atoms with Gasteiger partial charge in [0, 0.05) is 17.5 Å². The van der Waals surface area contributed by atoms with E-state index in [0.29, 0.717) is 5.69 Å². The van der Waals surface area contributed by atoms with E-state index >= 15 is 0 Å². The summed E-state index contributed by atoms with van der Waals surface area (Å²) < 4.78 is 12.9. The quantitative estimate of drug-likeness (QED) is 0.700. The van der Waals surface area contributed by atoms with Gasteiger partial charge in [-0.1, -0.05) is 13.0 Å². The first-order valence-corrected chi connectivity index (χ1v) is 4.87. The smallest absolute Gasteiger partial charge is 0.213 e. The molecule has 0 amide bonds. The largest absolute Gasteiger partial charge is 0.261 e. The van der Waals surface area contributed by atoms with E-state index in [1.54, 1.807) is 18.3 Å². The van der Waals surface area contributed by atoms with Gasteiger partial charge in [0.05, 0.1) is 5.69 Å². The molecule has 0 aliphatic rings. The lowest BCUT2D eigenvalue weighted by molar-refractivity contribution is 0.585. The van der Waals surface area contributed by atoms with Gasteiger partial charge in [0.25, 0.3) is 0 Å². The maximum absolute atomic E-state index is 12.9. The fourth-order valence-electron chi connectivity index (χ4n) is 1.40. The van der Waals surface area contributed by atoms with Crippen molar-refractivity contribution in [3.05, 3.63) is 48.2 Å². The molecule has 76 valence electrons. The standard InChI is InChI=1S/C12H11FN2/c1-2-10-8-9(6-7-14-10)11-4-3-5-12(13)15-11/h3-8H,2H2,1H3. The van der Waals surface area contributed by atoms with Crippen molar-refractivity contribution in [3.8, 4) is 11.3 Å². The van der Waals surface area contributed by atoms with Gasteiger partial charge < -0.3 is 0 Å². The van der Waals surface area contributed by atoms with Crippen molar-refractivity contribution in [3.63, 3.8) is 0 Å². The summed E-state index contributed by atoms with van der Waals surface area (Å²) in [5.74, 6) is -0.456. The second-order valence-electron chi connectivity index (χ2n) is 3.23. The number of pyridine rings is 2. The Morgan fingerprint density at radius 1 is 1.27 bits per heavy atom. The number of hydrogen-bond acceptors (Lipinski definition) is 2. The number of rotatable bonds is 2. The zero-order valence-corrected chi connectivity index (χ0v) is 8.44. The van der Waals surface area contributed by atoms with Gasteiger partial charge in [0.15, 0.2) is 0 Å². The van der Waals surface area contributed by atoms with E-state index in [-0.39, 0.29) is 0 Å². The molecule has 3 heteroatoms. The van der Waals surface area contributed by atoms with Gasteiger partial charge >= 0.3 is 0 Å². The van der Waals surface area contributed by atoms with Gasteiger partial charge in [-0.15, -0.1) is 0 Å². The van der Waals surface area contributed by atoms with E-state index in [2.05, 4.69) is 9.97 Å². The summed E-state index contributed by atoms with van der Waals surface area (Å²) in [6.07, 6.45) is 2.59. The van der Waals surface area contributed by atoms with Crippen LogP contribution in [0.4, 0.5) is 4.39 Å². The van der Waals surface area contributed by atoms with Crippen LogP contribution in [-0.2, 0) is 6.42 Å². The third kappa shape index (κ3) is 2.18. The van der Waals surface area contributed by atoms with Gasteiger partial charge in [0.1, 0.15) is 0 Å². The molecule has 0 spiro atoms. The van der Waals surface area contributed by atoms with Gasteiger partial charge in [-0.3, -0.25) is 4.98 Å². The maximum Gasteiger partial charge on any atom is 0.213 e. The maximum atomic E-state index is 12.9. The van der Waals surface area contributed by atoms with E-state index in [4.69, 9.17) is 0 Å². The third-order valence-electron chi connectivity index (χ3n) is 2.19. The number of aryl methyl sites for hydroxylation is 1. The molecule has 2 aromatic heterocycles. The van der Waals surface area contributed by atoms with Crippen LogP contribution >= 0.6 is 0 Å². The molecule has 0 N–H and O–H groups in total. The summed E-state index contributed by atoms with van der Waals surface area (Å²) in [7, 11) is 0. The van der Waals surface area contributed by atoms with E-state index in [1.807, 2.05) is 19.1 Å². The molecule has 2 nitrogen and oxygen atoms in total. The molecule has 0 fully saturated rings. The molecule has 0 radical (unpaired) electrons. The number of hydrogen-bond donors (Lipinski definition) is 0. The Hall–Kier alpha value is -1.77. The van der Waals surface area contributed by atoms with Crippen LogP contribution in [0.2, 0.25) is 0 Å². The Labute approximate surface area is 87.8 Å². The molecule has 0 saturated heterocycles. The van der Waals surface area contributed by atoms with Crippen molar-refractivity contribution in [2.45, 2.75) is 13.3 Å². The first kappa shape index (κ1) is 9.77. The normalized spacial score (nSPS) is 10.3. The number of halogens is 1. The lowest BCUT2D eigenvalue weighted by atomic mass is 10.1. The molecular formula is C12H11FN2. The first-order valence-electron chi connectivity index (χ1n) is 4.87. The van der Waals surface area contributed by atoms with Crippen molar-refractivity contribution >= 4 is 0 Å². The highest BCUT2D eigenvalue weighted by Gasteiger charge is 2.01. The average molecular weight is 202 g/mol. The molecule has 2 heterocycles. The fourth-order valence-corrected chi connectivity index (χ4v) is 1.40. The predicted octanol–water partition coefficient (Wildman–Crippen LogP) is 2.85. The minimum atomic E-state index is -0.456. The van der Waals surface area contributed by atoms with Crippen LogP contribution < -0.4 is 0 Å². The Morgan fingerprint density at radius 2 is 2.13 bits per heavy atom. The van der Waals surface area contributed by atoms with Crippen LogP contribution in [0.15, 0.2) is 36.5 Å². The Balaban J connectivity index is 2.44. The van der Waals surface area contributed by atoms with Crippen molar-refractivity contribution in [2.24, 2.45) is 0 Å². The monoisotopic (exact) mass is 202 g/mol. The molecule has 15 heavy (non-hydrogen) atoms. The highest BCUT2D eigenvalue weighted by atomic mass is 19.1.